The Morgan fingerprint density at radius 3 is 2.64 bits per heavy atom. The van der Waals surface area contributed by atoms with E-state index in [2.05, 4.69) is 0 Å². The van der Waals surface area contributed by atoms with Crippen molar-refractivity contribution in [2.24, 2.45) is 0 Å². The molecule has 0 unspecified atom stereocenters. The average molecular weight is 223 g/mol. The predicted octanol–water partition coefficient (Wildman–Crippen LogP) is 2.43. The summed E-state index contributed by atoms with van der Waals surface area (Å²) in [6, 6.07) is 4.19. The van der Waals surface area contributed by atoms with Gasteiger partial charge in [0.25, 0.3) is 0 Å². The van der Waals surface area contributed by atoms with E-state index in [0.29, 0.717) is 0 Å². The fraction of sp³-hybridized carbons (Fsp3) is 0.333. The molecule has 0 bridgehead atoms. The first-order chi connectivity index (χ1) is 6.53. The highest BCUT2D eigenvalue weighted by Gasteiger charge is 2.36. The Kier molecular flexibility index (Phi) is 3.29. The van der Waals surface area contributed by atoms with Crippen LogP contribution in [0, 0.1) is 0 Å². The Hall–Kier alpha value is -0.870. The first-order valence-corrected chi connectivity index (χ1v) is 4.22. The van der Waals surface area contributed by atoms with Gasteiger partial charge >= 0.3 is 5.92 Å². The van der Waals surface area contributed by atoms with E-state index < -0.39 is 18.1 Å². The van der Waals surface area contributed by atoms with Crippen LogP contribution < -0.4 is 4.74 Å². The number of methoxy groups -OCH3 is 1. The maximum Gasteiger partial charge on any atom is 0.300 e. The highest BCUT2D eigenvalue weighted by atomic mass is 35.5. The van der Waals surface area contributed by atoms with Crippen molar-refractivity contribution < 1.29 is 18.6 Å². The molecule has 1 N–H and O–H groups in total. The molecule has 0 aromatic heterocycles. The molecule has 0 spiro atoms. The second-order valence-electron chi connectivity index (χ2n) is 2.68. The normalized spacial score (nSPS) is 11.5. The Labute approximate surface area is 85.1 Å². The number of rotatable bonds is 3. The molecular weight excluding hydrogens is 214 g/mol. The topological polar surface area (TPSA) is 29.5 Å². The first kappa shape index (κ1) is 11.2. The van der Waals surface area contributed by atoms with E-state index in [9.17, 15) is 8.78 Å². The number of benzene rings is 1. The maximum atomic E-state index is 13.2. The quantitative estimate of drug-likeness (QED) is 0.851. The smallest absolute Gasteiger partial charge is 0.300 e. The third kappa shape index (κ3) is 1.96. The lowest BCUT2D eigenvalue weighted by atomic mass is 10.1. The summed E-state index contributed by atoms with van der Waals surface area (Å²) in [5, 5.41) is 8.41. The summed E-state index contributed by atoms with van der Waals surface area (Å²) < 4.78 is 31.1. The van der Waals surface area contributed by atoms with Crippen LogP contribution in [0.1, 0.15) is 5.56 Å². The van der Waals surface area contributed by atoms with Gasteiger partial charge in [-0.25, -0.2) is 0 Å². The van der Waals surface area contributed by atoms with Crippen LogP contribution in [0.4, 0.5) is 8.78 Å². The van der Waals surface area contributed by atoms with Crippen molar-refractivity contribution >= 4 is 11.6 Å². The van der Waals surface area contributed by atoms with Crippen LogP contribution in [-0.4, -0.2) is 18.8 Å². The zero-order valence-electron chi connectivity index (χ0n) is 7.43. The van der Waals surface area contributed by atoms with Crippen molar-refractivity contribution in [1.29, 1.82) is 0 Å². The molecule has 1 aromatic rings. The number of hydrogen-bond acceptors (Lipinski definition) is 2. The van der Waals surface area contributed by atoms with Crippen LogP contribution >= 0.6 is 11.6 Å². The molecule has 0 heterocycles. The van der Waals surface area contributed by atoms with Gasteiger partial charge < -0.3 is 9.84 Å². The molecule has 0 amide bonds. The number of aliphatic hydroxyl groups excluding tert-OH is 1. The van der Waals surface area contributed by atoms with Gasteiger partial charge in [0, 0.05) is 0 Å². The van der Waals surface area contributed by atoms with Crippen molar-refractivity contribution in [1.82, 2.24) is 0 Å². The fourth-order valence-corrected chi connectivity index (χ4v) is 1.41. The van der Waals surface area contributed by atoms with Crippen LogP contribution in [0.3, 0.4) is 0 Å². The molecule has 5 heteroatoms. The van der Waals surface area contributed by atoms with Gasteiger partial charge in [0.15, 0.2) is 0 Å². The largest absolute Gasteiger partial charge is 0.496 e. The first-order valence-electron chi connectivity index (χ1n) is 3.84. The van der Waals surface area contributed by atoms with E-state index >= 15 is 0 Å². The van der Waals surface area contributed by atoms with Crippen molar-refractivity contribution in [3.8, 4) is 5.75 Å². The Morgan fingerprint density at radius 1 is 1.50 bits per heavy atom. The fourth-order valence-electron chi connectivity index (χ4n) is 1.11. The van der Waals surface area contributed by atoms with E-state index in [1.807, 2.05) is 0 Å². The third-order valence-corrected chi connectivity index (χ3v) is 2.07. The summed E-state index contributed by atoms with van der Waals surface area (Å²) in [4.78, 5) is 0. The average Bonchev–Trinajstić information content (AvgIpc) is 2.17. The number of halogens is 3. The third-order valence-electron chi connectivity index (χ3n) is 1.76. The van der Waals surface area contributed by atoms with E-state index in [-0.39, 0.29) is 10.8 Å². The molecule has 0 saturated heterocycles. The monoisotopic (exact) mass is 222 g/mol. The summed E-state index contributed by atoms with van der Waals surface area (Å²) in [6.45, 7) is -1.30. The molecule has 1 aromatic carbocycles. The summed E-state index contributed by atoms with van der Waals surface area (Å²) in [7, 11) is 1.27. The van der Waals surface area contributed by atoms with Crippen LogP contribution in [-0.2, 0) is 5.92 Å². The van der Waals surface area contributed by atoms with E-state index in [1.165, 1.54) is 25.3 Å². The van der Waals surface area contributed by atoms with Crippen molar-refractivity contribution in [2.75, 3.05) is 13.7 Å². The van der Waals surface area contributed by atoms with Crippen LogP contribution in [0.2, 0.25) is 5.02 Å². The van der Waals surface area contributed by atoms with E-state index in [4.69, 9.17) is 21.4 Å². The summed E-state index contributed by atoms with van der Waals surface area (Å²) in [5.41, 5.74) is -0.480. The summed E-state index contributed by atoms with van der Waals surface area (Å²) in [5.74, 6) is -3.42. The molecule has 1 rings (SSSR count). The van der Waals surface area contributed by atoms with Gasteiger partial charge in [-0.3, -0.25) is 0 Å². The van der Waals surface area contributed by atoms with Gasteiger partial charge in [0.05, 0.1) is 17.7 Å². The molecule has 0 aliphatic heterocycles. The zero-order chi connectivity index (χ0) is 10.8. The van der Waals surface area contributed by atoms with Crippen LogP contribution in [0.5, 0.6) is 5.75 Å². The predicted molar refractivity (Wildman–Crippen MR) is 49.0 cm³/mol. The van der Waals surface area contributed by atoms with Gasteiger partial charge in [0.2, 0.25) is 0 Å². The highest BCUT2D eigenvalue weighted by molar-refractivity contribution is 6.31. The van der Waals surface area contributed by atoms with Crippen LogP contribution in [0.15, 0.2) is 18.2 Å². The standard InChI is InChI=1S/C9H9ClF2O2/c1-14-7-4-2-3-6(10)8(7)9(11,12)5-13/h2-4,13H,5H2,1H3. The minimum absolute atomic E-state index is 0.0310. The lowest BCUT2D eigenvalue weighted by Gasteiger charge is -2.18. The molecule has 14 heavy (non-hydrogen) atoms. The Bertz CT molecular complexity index is 329. The molecular formula is C9H9ClF2O2. The highest BCUT2D eigenvalue weighted by Crippen LogP contribution is 2.39. The van der Waals surface area contributed by atoms with Gasteiger partial charge in [-0.1, -0.05) is 17.7 Å². The van der Waals surface area contributed by atoms with Crippen molar-refractivity contribution in [2.45, 2.75) is 5.92 Å². The molecule has 0 saturated carbocycles. The van der Waals surface area contributed by atoms with Crippen molar-refractivity contribution in [3.63, 3.8) is 0 Å². The number of ether oxygens (including phenoxy) is 1. The summed E-state index contributed by atoms with van der Waals surface area (Å²) in [6.07, 6.45) is 0. The summed E-state index contributed by atoms with van der Waals surface area (Å²) >= 11 is 5.60. The lowest BCUT2D eigenvalue weighted by Crippen LogP contribution is -2.20. The Morgan fingerprint density at radius 2 is 2.14 bits per heavy atom. The van der Waals surface area contributed by atoms with E-state index in [0.717, 1.165) is 0 Å². The van der Waals surface area contributed by atoms with Gasteiger partial charge in [-0.05, 0) is 12.1 Å². The maximum absolute atomic E-state index is 13.2. The lowest BCUT2D eigenvalue weighted by molar-refractivity contribution is -0.0570. The molecule has 78 valence electrons. The van der Waals surface area contributed by atoms with Crippen LogP contribution in [0.25, 0.3) is 0 Å². The van der Waals surface area contributed by atoms with Crippen molar-refractivity contribution in [3.05, 3.63) is 28.8 Å². The second-order valence-corrected chi connectivity index (χ2v) is 3.09. The Balaban J connectivity index is 3.30. The van der Waals surface area contributed by atoms with Gasteiger partial charge in [-0.15, -0.1) is 0 Å². The molecule has 2 nitrogen and oxygen atoms in total. The number of aliphatic hydroxyl groups is 1. The molecule has 0 atom stereocenters. The molecule has 0 fully saturated rings. The SMILES string of the molecule is COc1cccc(Cl)c1C(F)(F)CO. The van der Waals surface area contributed by atoms with Gasteiger partial charge in [-0.2, -0.15) is 8.78 Å². The molecule has 0 aliphatic carbocycles. The molecule has 0 radical (unpaired) electrons. The van der Waals surface area contributed by atoms with E-state index in [1.54, 1.807) is 0 Å². The number of hydrogen-bond donors (Lipinski definition) is 1. The zero-order valence-corrected chi connectivity index (χ0v) is 8.18. The minimum atomic E-state index is -3.39. The molecule has 0 aliphatic rings. The number of alkyl halides is 2. The second kappa shape index (κ2) is 4.11. The minimum Gasteiger partial charge on any atom is -0.496 e. The van der Waals surface area contributed by atoms with Gasteiger partial charge in [0.1, 0.15) is 12.4 Å².